The van der Waals surface area contributed by atoms with Crippen LogP contribution >= 0.6 is 0 Å². The van der Waals surface area contributed by atoms with Crippen molar-refractivity contribution in [2.24, 2.45) is 0 Å². The minimum atomic E-state index is -0.870. The van der Waals surface area contributed by atoms with Crippen LogP contribution in [0.1, 0.15) is 41.6 Å². The molecule has 0 bridgehead atoms. The molecule has 0 heterocycles. The van der Waals surface area contributed by atoms with Gasteiger partial charge in [0.05, 0.1) is 5.56 Å². The largest absolute Gasteiger partial charge is 0.478 e. The van der Waals surface area contributed by atoms with Gasteiger partial charge in [-0.3, -0.25) is 0 Å². The molecule has 1 aromatic rings. The first-order chi connectivity index (χ1) is 9.56. The topological polar surface area (TPSA) is 52.6 Å². The highest BCUT2D eigenvalue weighted by Crippen LogP contribution is 2.21. The molecule has 0 amide bonds. The van der Waals surface area contributed by atoms with Gasteiger partial charge in [-0.05, 0) is 51.1 Å². The number of carboxylic acids is 1. The molecule has 1 aliphatic carbocycles. The lowest BCUT2D eigenvalue weighted by Gasteiger charge is -2.33. The van der Waals surface area contributed by atoms with Gasteiger partial charge < -0.3 is 15.3 Å². The minimum absolute atomic E-state index is 0.346. The lowest BCUT2D eigenvalue weighted by Crippen LogP contribution is -2.41. The van der Waals surface area contributed by atoms with Gasteiger partial charge >= 0.3 is 5.97 Å². The third-order valence-electron chi connectivity index (χ3n) is 4.17. The molecule has 0 spiro atoms. The lowest BCUT2D eigenvalue weighted by atomic mass is 9.90. The summed E-state index contributed by atoms with van der Waals surface area (Å²) in [6, 6.07) is 8.36. The second kappa shape index (κ2) is 6.86. The Labute approximate surface area is 120 Å². The van der Waals surface area contributed by atoms with E-state index >= 15 is 0 Å². The summed E-state index contributed by atoms with van der Waals surface area (Å²) < 4.78 is 0. The molecule has 0 saturated heterocycles. The summed E-state index contributed by atoms with van der Waals surface area (Å²) in [7, 11) is 4.30. The van der Waals surface area contributed by atoms with Crippen molar-refractivity contribution in [1.82, 2.24) is 10.2 Å². The molecule has 0 aliphatic heterocycles. The summed E-state index contributed by atoms with van der Waals surface area (Å²) in [4.78, 5) is 13.1. The monoisotopic (exact) mass is 276 g/mol. The Hall–Kier alpha value is -1.39. The standard InChI is InChI=1S/C16H24N2O2/c1-18(2)15-5-3-4-14(10-15)17-11-12-6-8-13(9-7-12)16(19)20/h6-9,14-15,17H,3-5,10-11H2,1-2H3,(H,19,20). The molecule has 4 nitrogen and oxygen atoms in total. The minimum Gasteiger partial charge on any atom is -0.478 e. The van der Waals surface area contributed by atoms with Gasteiger partial charge in [0, 0.05) is 18.6 Å². The van der Waals surface area contributed by atoms with Gasteiger partial charge in [0.1, 0.15) is 0 Å². The number of benzene rings is 1. The van der Waals surface area contributed by atoms with Crippen molar-refractivity contribution < 1.29 is 9.90 Å². The fourth-order valence-electron chi connectivity index (χ4n) is 2.85. The maximum atomic E-state index is 10.8. The van der Waals surface area contributed by atoms with Crippen molar-refractivity contribution in [3.8, 4) is 0 Å². The van der Waals surface area contributed by atoms with E-state index in [2.05, 4.69) is 24.3 Å². The fraction of sp³-hybridized carbons (Fsp3) is 0.562. The molecule has 2 N–H and O–H groups in total. The maximum absolute atomic E-state index is 10.8. The Morgan fingerprint density at radius 1 is 1.30 bits per heavy atom. The lowest BCUT2D eigenvalue weighted by molar-refractivity contribution is 0.0697. The molecule has 1 saturated carbocycles. The molecule has 1 fully saturated rings. The number of carboxylic acid groups (broad SMARTS) is 1. The predicted octanol–water partition coefficient (Wildman–Crippen LogP) is 2.35. The van der Waals surface area contributed by atoms with Crippen LogP contribution in [0.4, 0.5) is 0 Å². The SMILES string of the molecule is CN(C)C1CCCC(NCc2ccc(C(=O)O)cc2)C1. The van der Waals surface area contributed by atoms with E-state index in [-0.39, 0.29) is 0 Å². The highest BCUT2D eigenvalue weighted by molar-refractivity contribution is 5.87. The van der Waals surface area contributed by atoms with Crippen LogP contribution in [0.3, 0.4) is 0 Å². The van der Waals surface area contributed by atoms with Gasteiger partial charge in [-0.1, -0.05) is 18.6 Å². The Bertz CT molecular complexity index is 442. The van der Waals surface area contributed by atoms with E-state index < -0.39 is 5.97 Å². The van der Waals surface area contributed by atoms with E-state index in [9.17, 15) is 4.79 Å². The first-order valence-corrected chi connectivity index (χ1v) is 7.28. The zero-order valence-corrected chi connectivity index (χ0v) is 12.3. The van der Waals surface area contributed by atoms with E-state index in [4.69, 9.17) is 5.11 Å². The molecular formula is C16H24N2O2. The third-order valence-corrected chi connectivity index (χ3v) is 4.17. The highest BCUT2D eigenvalue weighted by Gasteiger charge is 2.22. The molecule has 4 heteroatoms. The van der Waals surface area contributed by atoms with Crippen LogP contribution in [-0.4, -0.2) is 42.2 Å². The number of aromatic carboxylic acids is 1. The number of nitrogens with zero attached hydrogens (tertiary/aromatic N) is 1. The van der Waals surface area contributed by atoms with E-state index in [1.807, 2.05) is 12.1 Å². The Morgan fingerprint density at radius 2 is 2.00 bits per heavy atom. The van der Waals surface area contributed by atoms with Crippen molar-refractivity contribution in [1.29, 1.82) is 0 Å². The van der Waals surface area contributed by atoms with Crippen molar-refractivity contribution in [2.45, 2.75) is 44.3 Å². The first-order valence-electron chi connectivity index (χ1n) is 7.28. The Morgan fingerprint density at radius 3 is 2.60 bits per heavy atom. The van der Waals surface area contributed by atoms with Crippen LogP contribution in [0, 0.1) is 0 Å². The number of rotatable bonds is 5. The van der Waals surface area contributed by atoms with Crippen molar-refractivity contribution >= 4 is 5.97 Å². The van der Waals surface area contributed by atoms with Crippen molar-refractivity contribution in [3.05, 3.63) is 35.4 Å². The smallest absolute Gasteiger partial charge is 0.335 e. The maximum Gasteiger partial charge on any atom is 0.335 e. The van der Waals surface area contributed by atoms with Gasteiger partial charge in [-0.2, -0.15) is 0 Å². The molecule has 2 unspecified atom stereocenters. The van der Waals surface area contributed by atoms with Crippen molar-refractivity contribution in [2.75, 3.05) is 14.1 Å². The quantitative estimate of drug-likeness (QED) is 0.867. The zero-order chi connectivity index (χ0) is 14.5. The Balaban J connectivity index is 1.84. The van der Waals surface area contributed by atoms with Crippen LogP contribution in [0.2, 0.25) is 0 Å². The van der Waals surface area contributed by atoms with E-state index in [1.165, 1.54) is 25.7 Å². The summed E-state index contributed by atoms with van der Waals surface area (Å²) in [5.74, 6) is -0.870. The van der Waals surface area contributed by atoms with E-state index in [0.717, 1.165) is 12.1 Å². The first kappa shape index (κ1) is 15.0. The number of carbonyl (C=O) groups is 1. The van der Waals surface area contributed by atoms with Crippen LogP contribution in [-0.2, 0) is 6.54 Å². The fourth-order valence-corrected chi connectivity index (χ4v) is 2.85. The molecule has 110 valence electrons. The summed E-state index contributed by atoms with van der Waals surface area (Å²) in [6.07, 6.45) is 4.99. The van der Waals surface area contributed by atoms with Gasteiger partial charge in [-0.15, -0.1) is 0 Å². The molecule has 2 rings (SSSR count). The van der Waals surface area contributed by atoms with E-state index in [1.54, 1.807) is 12.1 Å². The second-order valence-corrected chi connectivity index (χ2v) is 5.86. The molecule has 20 heavy (non-hydrogen) atoms. The van der Waals surface area contributed by atoms with Crippen LogP contribution in [0.15, 0.2) is 24.3 Å². The summed E-state index contributed by atoms with van der Waals surface area (Å²) in [5, 5.41) is 12.5. The van der Waals surface area contributed by atoms with Crippen LogP contribution in [0.25, 0.3) is 0 Å². The second-order valence-electron chi connectivity index (χ2n) is 5.86. The van der Waals surface area contributed by atoms with E-state index in [0.29, 0.717) is 17.6 Å². The molecule has 0 radical (unpaired) electrons. The predicted molar refractivity (Wildman–Crippen MR) is 80.0 cm³/mol. The Kier molecular flexibility index (Phi) is 5.15. The number of hydrogen-bond donors (Lipinski definition) is 2. The normalized spacial score (nSPS) is 22.9. The average molecular weight is 276 g/mol. The molecule has 2 atom stereocenters. The van der Waals surface area contributed by atoms with Gasteiger partial charge in [0.2, 0.25) is 0 Å². The average Bonchev–Trinajstić information content (AvgIpc) is 2.46. The molecule has 1 aromatic carbocycles. The van der Waals surface area contributed by atoms with Crippen molar-refractivity contribution in [3.63, 3.8) is 0 Å². The molecule has 0 aromatic heterocycles. The van der Waals surface area contributed by atoms with Gasteiger partial charge in [0.25, 0.3) is 0 Å². The van der Waals surface area contributed by atoms with Crippen LogP contribution in [0.5, 0.6) is 0 Å². The third kappa shape index (κ3) is 4.05. The van der Waals surface area contributed by atoms with Crippen LogP contribution < -0.4 is 5.32 Å². The summed E-state index contributed by atoms with van der Waals surface area (Å²) in [5.41, 5.74) is 1.49. The van der Waals surface area contributed by atoms with Gasteiger partial charge in [0.15, 0.2) is 0 Å². The number of hydrogen-bond acceptors (Lipinski definition) is 3. The molecule has 1 aliphatic rings. The summed E-state index contributed by atoms with van der Waals surface area (Å²) >= 11 is 0. The summed E-state index contributed by atoms with van der Waals surface area (Å²) in [6.45, 7) is 0.810. The molecular weight excluding hydrogens is 252 g/mol. The van der Waals surface area contributed by atoms with Gasteiger partial charge in [-0.25, -0.2) is 4.79 Å². The zero-order valence-electron chi connectivity index (χ0n) is 12.3. The highest BCUT2D eigenvalue weighted by atomic mass is 16.4. The number of nitrogens with one attached hydrogen (secondary N) is 1.